The van der Waals surface area contributed by atoms with Crippen molar-refractivity contribution in [1.29, 1.82) is 0 Å². The van der Waals surface area contributed by atoms with E-state index < -0.39 is 0 Å². The van der Waals surface area contributed by atoms with Gasteiger partial charge in [0.1, 0.15) is 0 Å². The third kappa shape index (κ3) is 2.88. The van der Waals surface area contributed by atoms with Crippen LogP contribution in [0.4, 0.5) is 0 Å². The molecular formula is C15H23NO. The van der Waals surface area contributed by atoms with Gasteiger partial charge in [-0.25, -0.2) is 0 Å². The van der Waals surface area contributed by atoms with Gasteiger partial charge >= 0.3 is 0 Å². The molecule has 1 fully saturated rings. The van der Waals surface area contributed by atoms with E-state index in [2.05, 4.69) is 44.2 Å². The summed E-state index contributed by atoms with van der Waals surface area (Å²) in [6.07, 6.45) is 3.70. The fourth-order valence-electron chi connectivity index (χ4n) is 2.49. The molecule has 1 unspecified atom stereocenters. The van der Waals surface area contributed by atoms with Gasteiger partial charge in [-0.1, -0.05) is 30.3 Å². The van der Waals surface area contributed by atoms with Gasteiger partial charge in [0.05, 0.1) is 6.10 Å². The predicted molar refractivity (Wildman–Crippen MR) is 71.0 cm³/mol. The van der Waals surface area contributed by atoms with Gasteiger partial charge in [0.2, 0.25) is 0 Å². The first-order chi connectivity index (χ1) is 8.15. The number of hydrogen-bond donors (Lipinski definition) is 1. The molecule has 0 saturated heterocycles. The summed E-state index contributed by atoms with van der Waals surface area (Å²) >= 11 is 0. The first-order valence-corrected chi connectivity index (χ1v) is 6.58. The average Bonchev–Trinajstić information content (AvgIpc) is 3.11. The van der Waals surface area contributed by atoms with Crippen LogP contribution in [-0.2, 0) is 10.2 Å². The van der Waals surface area contributed by atoms with E-state index in [0.29, 0.717) is 6.10 Å². The van der Waals surface area contributed by atoms with Crippen LogP contribution in [0.5, 0.6) is 0 Å². The Labute approximate surface area is 104 Å². The molecule has 2 rings (SSSR count). The Kier molecular flexibility index (Phi) is 3.85. The number of ether oxygens (including phenoxy) is 1. The van der Waals surface area contributed by atoms with Crippen molar-refractivity contribution in [1.82, 2.24) is 0 Å². The Hall–Kier alpha value is -0.860. The molecule has 2 heteroatoms. The molecule has 0 heterocycles. The zero-order chi connectivity index (χ0) is 12.3. The van der Waals surface area contributed by atoms with Crippen LogP contribution in [0.1, 0.15) is 38.7 Å². The van der Waals surface area contributed by atoms with Gasteiger partial charge in [-0.05, 0) is 38.7 Å². The van der Waals surface area contributed by atoms with E-state index in [1.807, 2.05) is 0 Å². The van der Waals surface area contributed by atoms with E-state index in [4.69, 9.17) is 10.5 Å². The van der Waals surface area contributed by atoms with Crippen LogP contribution in [-0.4, -0.2) is 18.8 Å². The third-order valence-corrected chi connectivity index (χ3v) is 3.73. The highest BCUT2D eigenvalue weighted by Gasteiger charge is 2.48. The summed E-state index contributed by atoms with van der Waals surface area (Å²) in [6, 6.07) is 10.9. The SMILES string of the molecule is CC(C)OCCC(N)C1(c2ccccc2)CC1. The van der Waals surface area contributed by atoms with Gasteiger partial charge in [0, 0.05) is 18.1 Å². The molecule has 0 bridgehead atoms. The largest absolute Gasteiger partial charge is 0.379 e. The molecule has 94 valence electrons. The van der Waals surface area contributed by atoms with Crippen LogP contribution < -0.4 is 5.73 Å². The Morgan fingerprint density at radius 3 is 2.41 bits per heavy atom. The second-order valence-electron chi connectivity index (χ2n) is 5.34. The number of benzene rings is 1. The van der Waals surface area contributed by atoms with Crippen molar-refractivity contribution in [3.05, 3.63) is 35.9 Å². The summed E-state index contributed by atoms with van der Waals surface area (Å²) in [7, 11) is 0. The lowest BCUT2D eigenvalue weighted by Crippen LogP contribution is -2.36. The highest BCUT2D eigenvalue weighted by Crippen LogP contribution is 2.50. The maximum atomic E-state index is 6.35. The van der Waals surface area contributed by atoms with E-state index in [1.54, 1.807) is 0 Å². The third-order valence-electron chi connectivity index (χ3n) is 3.73. The molecule has 1 saturated carbocycles. The van der Waals surface area contributed by atoms with E-state index in [0.717, 1.165) is 13.0 Å². The van der Waals surface area contributed by atoms with Gasteiger partial charge in [-0.3, -0.25) is 0 Å². The topological polar surface area (TPSA) is 35.2 Å². The molecule has 1 aliphatic rings. The van der Waals surface area contributed by atoms with Crippen molar-refractivity contribution in [3.63, 3.8) is 0 Å². The minimum atomic E-state index is 0.226. The van der Waals surface area contributed by atoms with Crippen molar-refractivity contribution in [2.75, 3.05) is 6.61 Å². The quantitative estimate of drug-likeness (QED) is 0.820. The standard InChI is InChI=1S/C15H23NO/c1-12(2)17-11-8-14(16)15(9-10-15)13-6-4-3-5-7-13/h3-7,12,14H,8-11,16H2,1-2H3. The monoisotopic (exact) mass is 233 g/mol. The summed E-state index contributed by atoms with van der Waals surface area (Å²) in [6.45, 7) is 4.90. The predicted octanol–water partition coefficient (Wildman–Crippen LogP) is 2.86. The molecule has 1 atom stereocenters. The highest BCUT2D eigenvalue weighted by molar-refractivity contribution is 5.33. The Balaban J connectivity index is 1.93. The average molecular weight is 233 g/mol. The van der Waals surface area contributed by atoms with Crippen molar-refractivity contribution >= 4 is 0 Å². The zero-order valence-corrected chi connectivity index (χ0v) is 10.9. The van der Waals surface area contributed by atoms with Crippen LogP contribution in [0, 0.1) is 0 Å². The van der Waals surface area contributed by atoms with E-state index in [1.165, 1.54) is 18.4 Å². The van der Waals surface area contributed by atoms with Crippen molar-refractivity contribution in [2.24, 2.45) is 5.73 Å². The summed E-state index contributed by atoms with van der Waals surface area (Å²) < 4.78 is 5.59. The van der Waals surface area contributed by atoms with Gasteiger partial charge in [-0.15, -0.1) is 0 Å². The molecule has 1 aromatic rings. The maximum Gasteiger partial charge on any atom is 0.0518 e. The van der Waals surface area contributed by atoms with Crippen molar-refractivity contribution in [3.8, 4) is 0 Å². The number of hydrogen-bond acceptors (Lipinski definition) is 2. The van der Waals surface area contributed by atoms with Crippen molar-refractivity contribution in [2.45, 2.75) is 50.7 Å². The molecule has 0 aliphatic heterocycles. The van der Waals surface area contributed by atoms with Gasteiger partial charge < -0.3 is 10.5 Å². The minimum absolute atomic E-state index is 0.226. The molecule has 0 radical (unpaired) electrons. The molecule has 0 amide bonds. The second kappa shape index (κ2) is 5.19. The maximum absolute atomic E-state index is 6.35. The molecule has 2 N–H and O–H groups in total. The number of nitrogens with two attached hydrogens (primary N) is 1. The molecule has 0 aromatic heterocycles. The summed E-state index contributed by atoms with van der Waals surface area (Å²) in [5, 5.41) is 0. The lowest BCUT2D eigenvalue weighted by atomic mass is 9.87. The fourth-order valence-corrected chi connectivity index (χ4v) is 2.49. The number of rotatable bonds is 6. The molecular weight excluding hydrogens is 210 g/mol. The lowest BCUT2D eigenvalue weighted by Gasteiger charge is -2.24. The molecule has 1 aliphatic carbocycles. The Morgan fingerprint density at radius 1 is 1.24 bits per heavy atom. The summed E-state index contributed by atoms with van der Waals surface area (Å²) in [5.74, 6) is 0. The normalized spacial score (nSPS) is 19.3. The second-order valence-corrected chi connectivity index (χ2v) is 5.34. The van der Waals surface area contributed by atoms with E-state index >= 15 is 0 Å². The lowest BCUT2D eigenvalue weighted by molar-refractivity contribution is 0.0715. The Bertz CT molecular complexity index is 343. The van der Waals surface area contributed by atoms with Crippen LogP contribution in [0.3, 0.4) is 0 Å². The van der Waals surface area contributed by atoms with Gasteiger partial charge in [0.15, 0.2) is 0 Å². The van der Waals surface area contributed by atoms with E-state index in [9.17, 15) is 0 Å². The van der Waals surface area contributed by atoms with Crippen LogP contribution in [0.25, 0.3) is 0 Å². The first kappa shape index (κ1) is 12.6. The van der Waals surface area contributed by atoms with Gasteiger partial charge in [0.25, 0.3) is 0 Å². The van der Waals surface area contributed by atoms with E-state index in [-0.39, 0.29) is 11.5 Å². The minimum Gasteiger partial charge on any atom is -0.379 e. The fraction of sp³-hybridized carbons (Fsp3) is 0.600. The highest BCUT2D eigenvalue weighted by atomic mass is 16.5. The molecule has 0 spiro atoms. The van der Waals surface area contributed by atoms with Crippen molar-refractivity contribution < 1.29 is 4.74 Å². The summed E-state index contributed by atoms with van der Waals surface area (Å²) in [5.41, 5.74) is 7.99. The smallest absolute Gasteiger partial charge is 0.0518 e. The van der Waals surface area contributed by atoms with Crippen LogP contribution >= 0.6 is 0 Å². The summed E-state index contributed by atoms with van der Waals surface area (Å²) in [4.78, 5) is 0. The molecule has 2 nitrogen and oxygen atoms in total. The zero-order valence-electron chi connectivity index (χ0n) is 10.9. The first-order valence-electron chi connectivity index (χ1n) is 6.58. The molecule has 17 heavy (non-hydrogen) atoms. The Morgan fingerprint density at radius 2 is 1.88 bits per heavy atom. The van der Waals surface area contributed by atoms with Crippen LogP contribution in [0.2, 0.25) is 0 Å². The van der Waals surface area contributed by atoms with Crippen LogP contribution in [0.15, 0.2) is 30.3 Å². The molecule has 1 aromatic carbocycles. The van der Waals surface area contributed by atoms with Gasteiger partial charge in [-0.2, -0.15) is 0 Å².